The Balaban J connectivity index is 2.02. The number of benzene rings is 2. The number of carbonyl (C=O) groups excluding carboxylic acids is 1. The molecule has 152 valence electrons. The van der Waals surface area contributed by atoms with Crippen LogP contribution >= 0.6 is 0 Å². The molecular formula is C18H11F6N3O2. The summed E-state index contributed by atoms with van der Waals surface area (Å²) in [4.78, 5) is 27.8. The van der Waals surface area contributed by atoms with Gasteiger partial charge in [-0.1, -0.05) is 24.3 Å². The van der Waals surface area contributed by atoms with Crippen molar-refractivity contribution in [1.29, 1.82) is 0 Å². The fourth-order valence-corrected chi connectivity index (χ4v) is 2.71. The van der Waals surface area contributed by atoms with Crippen molar-refractivity contribution in [2.75, 3.05) is 5.32 Å². The Bertz CT molecular complexity index is 1130. The van der Waals surface area contributed by atoms with E-state index in [9.17, 15) is 35.9 Å². The van der Waals surface area contributed by atoms with E-state index in [0.717, 1.165) is 18.2 Å². The van der Waals surface area contributed by atoms with Crippen LogP contribution < -0.4 is 10.9 Å². The second kappa shape index (κ2) is 7.22. The Hall–Kier alpha value is -3.37. The number of amides is 1. The fraction of sp³-hybridized carbons (Fsp3) is 0.167. The van der Waals surface area contributed by atoms with Gasteiger partial charge in [0, 0.05) is 0 Å². The number of hydrogen-bond donors (Lipinski definition) is 1. The number of hydrogen-bond acceptors (Lipinski definition) is 3. The van der Waals surface area contributed by atoms with E-state index in [1.54, 1.807) is 0 Å². The van der Waals surface area contributed by atoms with Crippen molar-refractivity contribution in [2.45, 2.75) is 18.9 Å². The lowest BCUT2D eigenvalue weighted by atomic mass is 10.1. The average molecular weight is 415 g/mol. The second-order valence-electron chi connectivity index (χ2n) is 5.93. The van der Waals surface area contributed by atoms with E-state index >= 15 is 0 Å². The highest BCUT2D eigenvalue weighted by atomic mass is 19.4. The van der Waals surface area contributed by atoms with Gasteiger partial charge in [-0.3, -0.25) is 14.2 Å². The van der Waals surface area contributed by atoms with Crippen molar-refractivity contribution in [3.8, 4) is 0 Å². The molecule has 0 aliphatic carbocycles. The number of halogens is 6. The van der Waals surface area contributed by atoms with Gasteiger partial charge in [0.2, 0.25) is 11.6 Å². The average Bonchev–Trinajstić information content (AvgIpc) is 2.62. The normalized spacial score (nSPS) is 12.2. The zero-order valence-electron chi connectivity index (χ0n) is 14.3. The molecule has 0 bridgehead atoms. The van der Waals surface area contributed by atoms with Gasteiger partial charge >= 0.3 is 12.4 Å². The number of anilines is 1. The first kappa shape index (κ1) is 20.4. The molecule has 29 heavy (non-hydrogen) atoms. The van der Waals surface area contributed by atoms with E-state index in [0.29, 0.717) is 4.57 Å². The molecule has 1 heterocycles. The van der Waals surface area contributed by atoms with Crippen LogP contribution in [0.4, 0.5) is 32.0 Å². The first-order valence-electron chi connectivity index (χ1n) is 8.01. The zero-order valence-corrected chi connectivity index (χ0v) is 14.3. The predicted octanol–water partition coefficient (Wildman–Crippen LogP) is 4.07. The van der Waals surface area contributed by atoms with Gasteiger partial charge in [0.15, 0.2) is 0 Å². The van der Waals surface area contributed by atoms with Crippen LogP contribution in [0.2, 0.25) is 0 Å². The molecule has 0 fully saturated rings. The summed E-state index contributed by atoms with van der Waals surface area (Å²) >= 11 is 0. The lowest BCUT2D eigenvalue weighted by Gasteiger charge is -2.16. The summed E-state index contributed by atoms with van der Waals surface area (Å²) in [6.07, 6.45) is -9.82. The van der Waals surface area contributed by atoms with E-state index in [2.05, 4.69) is 4.98 Å². The van der Waals surface area contributed by atoms with Gasteiger partial charge in [-0.2, -0.15) is 26.3 Å². The number of alkyl halides is 6. The molecule has 0 radical (unpaired) electrons. The SMILES string of the molecule is O=C(Cn1c(=O)c(C(F)(F)F)nc2ccccc21)Nc1ccccc1C(F)(F)F. The molecular weight excluding hydrogens is 404 g/mol. The third-order valence-corrected chi connectivity index (χ3v) is 3.93. The highest BCUT2D eigenvalue weighted by Crippen LogP contribution is 2.34. The quantitative estimate of drug-likeness (QED) is 0.656. The van der Waals surface area contributed by atoms with Gasteiger partial charge in [-0.15, -0.1) is 0 Å². The predicted molar refractivity (Wildman–Crippen MR) is 91.1 cm³/mol. The maximum Gasteiger partial charge on any atom is 0.438 e. The van der Waals surface area contributed by atoms with Crippen molar-refractivity contribution in [1.82, 2.24) is 9.55 Å². The highest BCUT2D eigenvalue weighted by Gasteiger charge is 2.38. The summed E-state index contributed by atoms with van der Waals surface area (Å²) in [5, 5.41) is 2.00. The smallest absolute Gasteiger partial charge is 0.324 e. The Labute approximate surface area is 158 Å². The second-order valence-corrected chi connectivity index (χ2v) is 5.93. The van der Waals surface area contributed by atoms with E-state index in [1.807, 2.05) is 5.32 Å². The van der Waals surface area contributed by atoms with Crippen LogP contribution in [-0.4, -0.2) is 15.5 Å². The number of rotatable bonds is 3. The molecule has 0 aliphatic heterocycles. The van der Waals surface area contributed by atoms with Crippen LogP contribution in [0.15, 0.2) is 53.3 Å². The molecule has 1 aromatic heterocycles. The molecule has 0 saturated heterocycles. The summed E-state index contributed by atoms with van der Waals surface area (Å²) in [5.41, 5.74) is -5.26. The number of para-hydroxylation sites is 3. The van der Waals surface area contributed by atoms with Gasteiger partial charge in [-0.05, 0) is 24.3 Å². The van der Waals surface area contributed by atoms with Crippen molar-refractivity contribution >= 4 is 22.6 Å². The fourth-order valence-electron chi connectivity index (χ4n) is 2.71. The maximum absolute atomic E-state index is 13.1. The summed E-state index contributed by atoms with van der Waals surface area (Å²) in [6, 6.07) is 9.42. The third-order valence-electron chi connectivity index (χ3n) is 3.93. The van der Waals surface area contributed by atoms with Crippen LogP contribution in [0.25, 0.3) is 11.0 Å². The molecule has 0 unspecified atom stereocenters. The van der Waals surface area contributed by atoms with E-state index in [4.69, 9.17) is 0 Å². The number of aromatic nitrogens is 2. The van der Waals surface area contributed by atoms with Crippen molar-refractivity contribution in [3.63, 3.8) is 0 Å². The molecule has 0 atom stereocenters. The maximum atomic E-state index is 13.1. The Morgan fingerprint density at radius 3 is 2.21 bits per heavy atom. The third kappa shape index (κ3) is 4.23. The topological polar surface area (TPSA) is 64.0 Å². The van der Waals surface area contributed by atoms with Crippen LogP contribution in [0.5, 0.6) is 0 Å². The molecule has 2 aromatic carbocycles. The Kier molecular flexibility index (Phi) is 5.07. The van der Waals surface area contributed by atoms with Crippen LogP contribution in [-0.2, 0) is 23.7 Å². The Morgan fingerprint density at radius 1 is 0.931 bits per heavy atom. The van der Waals surface area contributed by atoms with Gasteiger partial charge in [0.25, 0.3) is 5.56 Å². The van der Waals surface area contributed by atoms with Crippen molar-refractivity contribution in [2.24, 2.45) is 0 Å². The summed E-state index contributed by atoms with van der Waals surface area (Å²) < 4.78 is 79.0. The number of nitrogens with zero attached hydrogens (tertiary/aromatic N) is 2. The highest BCUT2D eigenvalue weighted by molar-refractivity contribution is 5.92. The lowest BCUT2D eigenvalue weighted by Crippen LogP contribution is -2.34. The molecule has 5 nitrogen and oxygen atoms in total. The van der Waals surface area contributed by atoms with E-state index in [-0.39, 0.29) is 11.0 Å². The monoisotopic (exact) mass is 415 g/mol. The minimum Gasteiger partial charge on any atom is -0.324 e. The van der Waals surface area contributed by atoms with Gasteiger partial charge in [0.1, 0.15) is 6.54 Å². The van der Waals surface area contributed by atoms with Crippen LogP contribution in [0.3, 0.4) is 0 Å². The molecule has 1 amide bonds. The first-order valence-corrected chi connectivity index (χ1v) is 8.01. The summed E-state index contributed by atoms with van der Waals surface area (Å²) in [6.45, 7) is -0.933. The van der Waals surface area contributed by atoms with Crippen LogP contribution in [0, 0.1) is 0 Å². The van der Waals surface area contributed by atoms with Crippen molar-refractivity contribution < 1.29 is 31.1 Å². The molecule has 3 aromatic rings. The molecule has 0 saturated carbocycles. The van der Waals surface area contributed by atoms with E-state index < -0.39 is 47.3 Å². The van der Waals surface area contributed by atoms with Gasteiger partial charge in [0.05, 0.1) is 22.3 Å². The molecule has 11 heteroatoms. The summed E-state index contributed by atoms with van der Waals surface area (Å²) in [7, 11) is 0. The minimum atomic E-state index is -5.07. The largest absolute Gasteiger partial charge is 0.438 e. The van der Waals surface area contributed by atoms with E-state index in [1.165, 1.54) is 30.3 Å². The minimum absolute atomic E-state index is 0.0650. The standard InChI is InChI=1S/C18H11F6N3O2/c19-17(20,21)10-5-1-2-6-11(10)25-14(28)9-27-13-8-4-3-7-12(13)26-15(16(27)29)18(22,23)24/h1-8H,9H2,(H,25,28). The molecule has 0 aliphatic rings. The van der Waals surface area contributed by atoms with Gasteiger partial charge in [-0.25, -0.2) is 4.98 Å². The van der Waals surface area contributed by atoms with Gasteiger partial charge < -0.3 is 5.32 Å². The Morgan fingerprint density at radius 2 is 1.55 bits per heavy atom. The molecule has 0 spiro atoms. The first-order chi connectivity index (χ1) is 13.5. The molecule has 1 N–H and O–H groups in total. The summed E-state index contributed by atoms with van der Waals surface area (Å²) in [5.74, 6) is -1.10. The molecule has 3 rings (SSSR count). The number of carbonyl (C=O) groups is 1. The zero-order chi connectivity index (χ0) is 21.4. The van der Waals surface area contributed by atoms with Crippen LogP contribution in [0.1, 0.15) is 11.3 Å². The van der Waals surface area contributed by atoms with Crippen molar-refractivity contribution in [3.05, 3.63) is 70.1 Å². The lowest BCUT2D eigenvalue weighted by molar-refractivity contribution is -0.142. The number of nitrogens with one attached hydrogen (secondary N) is 1. The number of fused-ring (bicyclic) bond motifs is 1.